The second-order valence-electron chi connectivity index (χ2n) is 4.15. The van der Waals surface area contributed by atoms with Crippen molar-refractivity contribution in [3.8, 4) is 0 Å². The van der Waals surface area contributed by atoms with E-state index in [1.165, 1.54) is 4.88 Å². The maximum Gasteiger partial charge on any atom is 0.314 e. The lowest BCUT2D eigenvalue weighted by Crippen LogP contribution is -2.39. The third-order valence-corrected chi connectivity index (χ3v) is 3.68. The Morgan fingerprint density at radius 2 is 2.37 bits per heavy atom. The van der Waals surface area contributed by atoms with Crippen molar-refractivity contribution < 1.29 is 4.79 Å². The van der Waals surface area contributed by atoms with Gasteiger partial charge < -0.3 is 10.6 Å². The van der Waals surface area contributed by atoms with E-state index < -0.39 is 0 Å². The van der Waals surface area contributed by atoms with Gasteiger partial charge in [-0.05, 0) is 23.9 Å². The molecule has 6 heteroatoms. The highest BCUT2D eigenvalue weighted by Gasteiger charge is 2.15. The largest absolute Gasteiger partial charge is 0.338 e. The number of carbonyl (C=O) groups is 1. The van der Waals surface area contributed by atoms with Crippen molar-refractivity contribution >= 4 is 17.4 Å². The molecule has 2 N–H and O–H groups in total. The molecule has 0 spiro atoms. The van der Waals surface area contributed by atoms with Crippen molar-refractivity contribution in [3.63, 3.8) is 0 Å². The van der Waals surface area contributed by atoms with E-state index in [0.717, 1.165) is 6.42 Å². The second-order valence-corrected chi connectivity index (χ2v) is 5.13. The van der Waals surface area contributed by atoms with Gasteiger partial charge in [0.1, 0.15) is 6.04 Å². The highest BCUT2D eigenvalue weighted by atomic mass is 32.1. The molecule has 2 amide bonds. The van der Waals surface area contributed by atoms with Crippen LogP contribution in [-0.4, -0.2) is 28.9 Å². The van der Waals surface area contributed by atoms with Crippen molar-refractivity contribution in [3.05, 3.63) is 40.8 Å². The monoisotopic (exact) mass is 278 g/mol. The van der Waals surface area contributed by atoms with E-state index in [2.05, 4.69) is 21.8 Å². The first-order valence-electron chi connectivity index (χ1n) is 6.35. The summed E-state index contributed by atoms with van der Waals surface area (Å²) in [5.41, 5.74) is 0. The Kier molecular flexibility index (Phi) is 4.97. The predicted octanol–water partition coefficient (Wildman–Crippen LogP) is 2.24. The number of nitrogens with one attached hydrogen (secondary N) is 2. The average Bonchev–Trinajstić information content (AvgIpc) is 3.09. The summed E-state index contributed by atoms with van der Waals surface area (Å²) in [5, 5.41) is 12.0. The van der Waals surface area contributed by atoms with Crippen molar-refractivity contribution in [1.82, 2.24) is 20.4 Å². The molecule has 0 saturated heterocycles. The maximum atomic E-state index is 11.6. The van der Waals surface area contributed by atoms with Gasteiger partial charge in [0.25, 0.3) is 0 Å². The molecule has 19 heavy (non-hydrogen) atoms. The quantitative estimate of drug-likeness (QED) is 0.851. The van der Waals surface area contributed by atoms with Crippen molar-refractivity contribution in [2.45, 2.75) is 19.4 Å². The lowest BCUT2D eigenvalue weighted by molar-refractivity contribution is 0.239. The number of carbonyl (C=O) groups excluding carboxylic acids is 1. The second kappa shape index (κ2) is 6.94. The molecular formula is C13H18N4OS. The number of urea groups is 1. The fourth-order valence-electron chi connectivity index (χ4n) is 1.76. The molecule has 1 atom stereocenters. The first-order valence-corrected chi connectivity index (χ1v) is 7.23. The lowest BCUT2D eigenvalue weighted by Gasteiger charge is -2.17. The third kappa shape index (κ3) is 3.82. The van der Waals surface area contributed by atoms with E-state index in [1.54, 1.807) is 17.5 Å². The number of amides is 2. The van der Waals surface area contributed by atoms with Crippen molar-refractivity contribution in [1.29, 1.82) is 0 Å². The number of thiophene rings is 1. The van der Waals surface area contributed by atoms with Gasteiger partial charge in [0.15, 0.2) is 0 Å². The molecule has 2 heterocycles. The van der Waals surface area contributed by atoms with E-state index in [-0.39, 0.29) is 12.1 Å². The van der Waals surface area contributed by atoms with Crippen molar-refractivity contribution in [2.75, 3.05) is 13.1 Å². The summed E-state index contributed by atoms with van der Waals surface area (Å²) >= 11 is 1.67. The third-order valence-electron chi connectivity index (χ3n) is 2.71. The van der Waals surface area contributed by atoms with Gasteiger partial charge in [0.2, 0.25) is 0 Å². The van der Waals surface area contributed by atoms with Gasteiger partial charge in [-0.25, -0.2) is 4.79 Å². The molecule has 0 aliphatic heterocycles. The Labute approximate surface area is 116 Å². The molecule has 0 saturated carbocycles. The fourth-order valence-corrected chi connectivity index (χ4v) is 2.58. The van der Waals surface area contributed by atoms with Gasteiger partial charge in [-0.1, -0.05) is 13.0 Å². The SMILES string of the molecule is CCCNC(=O)NCC(c1cccs1)n1cccn1. The van der Waals surface area contributed by atoms with Crippen LogP contribution in [0.25, 0.3) is 0 Å². The summed E-state index contributed by atoms with van der Waals surface area (Å²) in [6.45, 7) is 3.24. The number of aromatic nitrogens is 2. The number of hydrogen-bond acceptors (Lipinski definition) is 3. The van der Waals surface area contributed by atoms with Crippen LogP contribution >= 0.6 is 11.3 Å². The normalized spacial score (nSPS) is 12.1. The van der Waals surface area contributed by atoms with E-state index in [0.29, 0.717) is 13.1 Å². The Balaban J connectivity index is 1.98. The highest BCUT2D eigenvalue weighted by Crippen LogP contribution is 2.21. The maximum absolute atomic E-state index is 11.6. The smallest absolute Gasteiger partial charge is 0.314 e. The first-order chi connectivity index (χ1) is 9.31. The van der Waals surface area contributed by atoms with Gasteiger partial charge in [0.05, 0.1) is 0 Å². The molecule has 0 aliphatic rings. The minimum Gasteiger partial charge on any atom is -0.338 e. The van der Waals surface area contributed by atoms with Gasteiger partial charge in [-0.3, -0.25) is 4.68 Å². The molecule has 0 aromatic carbocycles. The highest BCUT2D eigenvalue weighted by molar-refractivity contribution is 7.10. The molecule has 1 unspecified atom stereocenters. The van der Waals surface area contributed by atoms with Crippen LogP contribution in [0, 0.1) is 0 Å². The zero-order chi connectivity index (χ0) is 13.5. The van der Waals surface area contributed by atoms with Gasteiger partial charge in [-0.2, -0.15) is 5.10 Å². The van der Waals surface area contributed by atoms with Gasteiger partial charge >= 0.3 is 6.03 Å². The molecule has 0 aliphatic carbocycles. The van der Waals surface area contributed by atoms with Crippen molar-refractivity contribution in [2.24, 2.45) is 0 Å². The predicted molar refractivity (Wildman–Crippen MR) is 76.4 cm³/mol. The molecular weight excluding hydrogens is 260 g/mol. The molecule has 0 bridgehead atoms. The van der Waals surface area contributed by atoms with Crippen LogP contribution in [0.3, 0.4) is 0 Å². The number of nitrogens with zero attached hydrogens (tertiary/aromatic N) is 2. The Hall–Kier alpha value is -1.82. The van der Waals surface area contributed by atoms with Crippen LogP contribution in [0.4, 0.5) is 4.79 Å². The van der Waals surface area contributed by atoms with Crippen LogP contribution in [0.1, 0.15) is 24.3 Å². The van der Waals surface area contributed by atoms with E-state index >= 15 is 0 Å². The van der Waals surface area contributed by atoms with E-state index in [4.69, 9.17) is 0 Å². The van der Waals surface area contributed by atoms with Crippen LogP contribution in [-0.2, 0) is 0 Å². The number of hydrogen-bond donors (Lipinski definition) is 2. The van der Waals surface area contributed by atoms with Crippen LogP contribution in [0.2, 0.25) is 0 Å². The minimum absolute atomic E-state index is 0.0439. The van der Waals surface area contributed by atoms with E-state index in [1.807, 2.05) is 35.3 Å². The zero-order valence-electron chi connectivity index (χ0n) is 10.9. The Morgan fingerprint density at radius 1 is 1.47 bits per heavy atom. The number of rotatable bonds is 6. The molecule has 102 valence electrons. The van der Waals surface area contributed by atoms with Crippen LogP contribution in [0.5, 0.6) is 0 Å². The standard InChI is InChI=1S/C13H18N4OS/c1-2-6-14-13(18)15-10-11(12-5-3-9-19-12)17-8-4-7-16-17/h3-5,7-9,11H,2,6,10H2,1H3,(H2,14,15,18). The average molecular weight is 278 g/mol. The molecule has 2 aromatic heterocycles. The van der Waals surface area contributed by atoms with E-state index in [9.17, 15) is 4.79 Å². The Morgan fingerprint density at radius 3 is 3.00 bits per heavy atom. The molecule has 5 nitrogen and oxygen atoms in total. The summed E-state index contributed by atoms with van der Waals surface area (Å²) in [7, 11) is 0. The molecule has 0 fully saturated rings. The van der Waals surface area contributed by atoms with Crippen LogP contribution < -0.4 is 10.6 Å². The summed E-state index contributed by atoms with van der Waals surface area (Å²) in [6, 6.07) is 5.87. The molecule has 2 aromatic rings. The molecule has 2 rings (SSSR count). The summed E-state index contributed by atoms with van der Waals surface area (Å²) in [5.74, 6) is 0. The topological polar surface area (TPSA) is 59.0 Å². The van der Waals surface area contributed by atoms with Gasteiger partial charge in [-0.15, -0.1) is 11.3 Å². The van der Waals surface area contributed by atoms with Gasteiger partial charge in [0, 0.05) is 30.4 Å². The fraction of sp³-hybridized carbons (Fsp3) is 0.385. The summed E-state index contributed by atoms with van der Waals surface area (Å²) in [4.78, 5) is 12.8. The lowest BCUT2D eigenvalue weighted by atomic mass is 10.2. The minimum atomic E-state index is -0.129. The Bertz CT molecular complexity index is 446. The van der Waals surface area contributed by atoms with Crippen LogP contribution in [0.15, 0.2) is 36.0 Å². The zero-order valence-corrected chi connectivity index (χ0v) is 11.7. The summed E-state index contributed by atoms with van der Waals surface area (Å²) < 4.78 is 1.87. The molecule has 0 radical (unpaired) electrons. The first kappa shape index (κ1) is 13.6. The summed E-state index contributed by atoms with van der Waals surface area (Å²) in [6.07, 6.45) is 4.59.